The molecule has 2 aromatic heterocycles. The minimum Gasteiger partial charge on any atom is -0.432 e. The largest absolute Gasteiger partial charge is 0.437 e. The number of nitrogens with zero attached hydrogens (tertiary/aromatic N) is 3. The molecule has 2 N–H and O–H groups in total. The number of alkyl halides is 3. The van der Waals surface area contributed by atoms with Crippen molar-refractivity contribution in [1.82, 2.24) is 15.3 Å². The summed E-state index contributed by atoms with van der Waals surface area (Å²) in [5.74, 6) is -1.99. The molecular weight excluding hydrogens is 518 g/mol. The van der Waals surface area contributed by atoms with Gasteiger partial charge in [-0.2, -0.15) is 13.2 Å². The summed E-state index contributed by atoms with van der Waals surface area (Å²) < 4.78 is 59.6. The van der Waals surface area contributed by atoms with Gasteiger partial charge in [0.15, 0.2) is 5.69 Å². The van der Waals surface area contributed by atoms with Crippen molar-refractivity contribution in [3.05, 3.63) is 95.8 Å². The predicted molar refractivity (Wildman–Crippen MR) is 134 cm³/mol. The lowest BCUT2D eigenvalue weighted by Crippen LogP contribution is -2.60. The van der Waals surface area contributed by atoms with Crippen LogP contribution in [0.1, 0.15) is 21.8 Å². The van der Waals surface area contributed by atoms with Crippen molar-refractivity contribution in [2.45, 2.75) is 18.6 Å². The Morgan fingerprint density at radius 1 is 1.00 bits per heavy atom. The number of carbonyl (C=O) groups is 2. The van der Waals surface area contributed by atoms with Crippen LogP contribution in [0.5, 0.6) is 0 Å². The van der Waals surface area contributed by atoms with E-state index < -0.39 is 35.3 Å². The highest BCUT2D eigenvalue weighted by Crippen LogP contribution is 2.35. The number of hydrogen-bond acceptors (Lipinski definition) is 6. The van der Waals surface area contributed by atoms with E-state index in [1.54, 1.807) is 36.4 Å². The Labute approximate surface area is 219 Å². The highest BCUT2D eigenvalue weighted by Gasteiger charge is 2.41. The molecule has 1 fully saturated rings. The highest BCUT2D eigenvalue weighted by atomic mass is 19.4. The van der Waals surface area contributed by atoms with Gasteiger partial charge in [-0.25, -0.2) is 19.2 Å². The Kier molecular flexibility index (Phi) is 7.01. The summed E-state index contributed by atoms with van der Waals surface area (Å²) in [4.78, 5) is 34.6. The fraction of sp³-hybridized carbons (Fsp3) is 0.185. The van der Waals surface area contributed by atoms with E-state index in [9.17, 15) is 27.2 Å². The molecule has 3 heterocycles. The van der Waals surface area contributed by atoms with Crippen LogP contribution in [0.3, 0.4) is 0 Å². The van der Waals surface area contributed by atoms with Gasteiger partial charge in [0.2, 0.25) is 17.4 Å². The third-order valence-electron chi connectivity index (χ3n) is 6.01. The number of halogens is 4. The molecule has 0 unspecified atom stereocenters. The molecule has 0 spiro atoms. The molecule has 0 saturated carbocycles. The number of urea groups is 1. The molecule has 5 rings (SSSR count). The third-order valence-corrected chi connectivity index (χ3v) is 6.01. The number of benzene rings is 2. The van der Waals surface area contributed by atoms with Gasteiger partial charge in [-0.1, -0.05) is 36.4 Å². The Morgan fingerprint density at radius 2 is 1.72 bits per heavy atom. The van der Waals surface area contributed by atoms with Gasteiger partial charge in [-0.3, -0.25) is 4.79 Å². The van der Waals surface area contributed by atoms with Gasteiger partial charge in [0.1, 0.15) is 11.6 Å². The molecular formula is C27H21F4N5O3. The van der Waals surface area contributed by atoms with E-state index in [0.29, 0.717) is 30.0 Å². The number of para-hydroxylation sites is 1. The van der Waals surface area contributed by atoms with Crippen LogP contribution in [-0.2, 0) is 12.6 Å². The standard InChI is InChI=1S/C27H21F4N5O3/c28-19-8-4-5-9-20(19)34-26(38)33-18-14-36(15-18)22-11-10-16(13-32-22)12-21(37)23-24(27(29,30)31)35-25(39-23)17-6-2-1-3-7-17/h1-11,13,18H,12,14-15H2,(H2,33,34,38). The Morgan fingerprint density at radius 3 is 2.38 bits per heavy atom. The average molecular weight is 539 g/mol. The normalized spacial score (nSPS) is 13.6. The number of nitrogens with one attached hydrogen (secondary N) is 2. The van der Waals surface area contributed by atoms with Gasteiger partial charge in [0.25, 0.3) is 0 Å². The first-order chi connectivity index (χ1) is 18.7. The van der Waals surface area contributed by atoms with Crippen LogP contribution in [0.15, 0.2) is 77.3 Å². The lowest BCUT2D eigenvalue weighted by molar-refractivity contribution is -0.141. The number of aromatic nitrogens is 2. The second kappa shape index (κ2) is 10.6. The fourth-order valence-electron chi connectivity index (χ4n) is 4.04. The number of oxazole rings is 1. The lowest BCUT2D eigenvalue weighted by Gasteiger charge is -2.40. The molecule has 0 atom stereocenters. The van der Waals surface area contributed by atoms with E-state index in [4.69, 9.17) is 4.42 Å². The third kappa shape index (κ3) is 5.89. The lowest BCUT2D eigenvalue weighted by atomic mass is 10.1. The summed E-state index contributed by atoms with van der Waals surface area (Å²) in [6.07, 6.45) is -3.82. The summed E-state index contributed by atoms with van der Waals surface area (Å²) in [6.45, 7) is 0.899. The number of carbonyl (C=O) groups excluding carboxylic acids is 2. The first kappa shape index (κ1) is 25.9. The molecule has 12 heteroatoms. The monoisotopic (exact) mass is 539 g/mol. The van der Waals surface area contributed by atoms with E-state index in [1.807, 2.05) is 4.90 Å². The Bertz CT molecular complexity index is 1480. The van der Waals surface area contributed by atoms with Crippen LogP contribution in [0.4, 0.5) is 33.9 Å². The van der Waals surface area contributed by atoms with Gasteiger partial charge in [-0.05, 0) is 35.9 Å². The number of Topliss-reactive ketones (excluding diaryl/α,β-unsaturated/α-hetero) is 1. The topological polar surface area (TPSA) is 100 Å². The predicted octanol–water partition coefficient (Wildman–Crippen LogP) is 5.33. The Hall–Kier alpha value is -4.74. The average Bonchev–Trinajstić information content (AvgIpc) is 3.35. The zero-order valence-electron chi connectivity index (χ0n) is 20.2. The molecule has 1 aliphatic rings. The maximum Gasteiger partial charge on any atom is 0.437 e. The zero-order valence-corrected chi connectivity index (χ0v) is 20.2. The van der Waals surface area contributed by atoms with Gasteiger partial charge < -0.3 is 20.0 Å². The van der Waals surface area contributed by atoms with E-state index in [2.05, 4.69) is 20.6 Å². The first-order valence-electron chi connectivity index (χ1n) is 11.9. The van der Waals surface area contributed by atoms with Crippen molar-refractivity contribution < 1.29 is 31.6 Å². The van der Waals surface area contributed by atoms with Crippen molar-refractivity contribution in [3.8, 4) is 11.5 Å². The molecule has 1 saturated heterocycles. The smallest absolute Gasteiger partial charge is 0.432 e. The molecule has 1 aliphatic heterocycles. The molecule has 200 valence electrons. The molecule has 2 amide bonds. The van der Waals surface area contributed by atoms with Crippen LogP contribution < -0.4 is 15.5 Å². The number of amides is 2. The Balaban J connectivity index is 1.18. The molecule has 2 aromatic carbocycles. The summed E-state index contributed by atoms with van der Waals surface area (Å²) in [5.41, 5.74) is -0.579. The summed E-state index contributed by atoms with van der Waals surface area (Å²) in [5, 5.41) is 5.19. The molecule has 0 aliphatic carbocycles. The molecule has 39 heavy (non-hydrogen) atoms. The summed E-state index contributed by atoms with van der Waals surface area (Å²) in [6, 6.07) is 16.3. The van der Waals surface area contributed by atoms with Crippen LogP contribution in [0, 0.1) is 5.82 Å². The van der Waals surface area contributed by atoms with Crippen molar-refractivity contribution in [1.29, 1.82) is 0 Å². The molecule has 0 radical (unpaired) electrons. The van der Waals surface area contributed by atoms with Crippen molar-refractivity contribution in [2.24, 2.45) is 0 Å². The van der Waals surface area contributed by atoms with E-state index in [0.717, 1.165) is 0 Å². The minimum atomic E-state index is -4.86. The van der Waals surface area contributed by atoms with E-state index >= 15 is 0 Å². The van der Waals surface area contributed by atoms with Gasteiger partial charge >= 0.3 is 12.2 Å². The number of rotatable bonds is 7. The number of pyridine rings is 1. The van der Waals surface area contributed by atoms with Crippen molar-refractivity contribution in [2.75, 3.05) is 23.3 Å². The molecule has 8 nitrogen and oxygen atoms in total. The second-order valence-electron chi connectivity index (χ2n) is 8.87. The number of ketones is 1. The van der Waals surface area contributed by atoms with E-state index in [1.165, 1.54) is 36.5 Å². The van der Waals surface area contributed by atoms with Gasteiger partial charge in [0.05, 0.1) is 11.7 Å². The number of anilines is 2. The minimum absolute atomic E-state index is 0.0713. The fourth-order valence-corrected chi connectivity index (χ4v) is 4.04. The van der Waals surface area contributed by atoms with E-state index in [-0.39, 0.29) is 24.0 Å². The summed E-state index contributed by atoms with van der Waals surface area (Å²) in [7, 11) is 0. The number of hydrogen-bond donors (Lipinski definition) is 2. The molecule has 0 bridgehead atoms. The van der Waals surface area contributed by atoms with Crippen molar-refractivity contribution in [3.63, 3.8) is 0 Å². The zero-order chi connectivity index (χ0) is 27.6. The van der Waals surface area contributed by atoms with Crippen LogP contribution in [0.25, 0.3) is 11.5 Å². The van der Waals surface area contributed by atoms with Crippen LogP contribution >= 0.6 is 0 Å². The van der Waals surface area contributed by atoms with Crippen LogP contribution in [-0.4, -0.2) is 40.9 Å². The van der Waals surface area contributed by atoms with Crippen molar-refractivity contribution >= 4 is 23.3 Å². The first-order valence-corrected chi connectivity index (χ1v) is 11.9. The quantitative estimate of drug-likeness (QED) is 0.243. The highest BCUT2D eigenvalue weighted by molar-refractivity contribution is 5.96. The van der Waals surface area contributed by atoms with Crippen LogP contribution in [0.2, 0.25) is 0 Å². The SMILES string of the molecule is O=C(Nc1ccccc1F)NC1CN(c2ccc(CC(=O)c3oc(-c4ccccc4)nc3C(F)(F)F)cn2)C1. The van der Waals surface area contributed by atoms with Gasteiger partial charge in [-0.15, -0.1) is 0 Å². The summed E-state index contributed by atoms with van der Waals surface area (Å²) >= 11 is 0. The van der Waals surface area contributed by atoms with Gasteiger partial charge in [0, 0.05) is 31.3 Å². The second-order valence-corrected chi connectivity index (χ2v) is 8.87. The maximum absolute atomic E-state index is 13.7. The molecule has 4 aromatic rings. The maximum atomic E-state index is 13.7.